The monoisotopic (exact) mass is 869 g/mol. The van der Waals surface area contributed by atoms with E-state index >= 15 is 0 Å². The van der Waals surface area contributed by atoms with E-state index in [1.165, 1.54) is 13.2 Å². The van der Waals surface area contributed by atoms with Gasteiger partial charge in [0.2, 0.25) is 11.8 Å². The van der Waals surface area contributed by atoms with Crippen LogP contribution in [0, 0.1) is 0 Å². The Morgan fingerprint density at radius 1 is 0.905 bits per heavy atom. The van der Waals surface area contributed by atoms with Crippen molar-refractivity contribution in [1.29, 1.82) is 0 Å². The third-order valence-corrected chi connectivity index (χ3v) is 12.2. The van der Waals surface area contributed by atoms with Crippen LogP contribution in [0.1, 0.15) is 64.8 Å². The van der Waals surface area contributed by atoms with Crippen LogP contribution in [-0.4, -0.2) is 126 Å². The number of hydrogen-bond donors (Lipinski definition) is 1. The van der Waals surface area contributed by atoms with E-state index < -0.39 is 35.5 Å². The molecule has 2 fully saturated rings. The van der Waals surface area contributed by atoms with Gasteiger partial charge in [0.05, 0.1) is 22.7 Å². The molecule has 1 atom stereocenters. The summed E-state index contributed by atoms with van der Waals surface area (Å²) in [6.07, 6.45) is 3.46. The van der Waals surface area contributed by atoms with Gasteiger partial charge in [-0.1, -0.05) is 12.1 Å². The number of likely N-dealkylation sites (tertiary alicyclic amines) is 1. The average Bonchev–Trinajstić information content (AvgIpc) is 3.70. The molecule has 63 heavy (non-hydrogen) atoms. The van der Waals surface area contributed by atoms with Gasteiger partial charge in [0.15, 0.2) is 0 Å². The largest absolute Gasteiger partial charge is 0.474 e. The van der Waals surface area contributed by atoms with Gasteiger partial charge in [-0.2, -0.15) is 13.2 Å². The van der Waals surface area contributed by atoms with E-state index in [0.717, 1.165) is 57.8 Å². The molecule has 0 spiro atoms. The molecule has 6 heterocycles. The Morgan fingerprint density at radius 2 is 1.68 bits per heavy atom. The number of fused-ring (bicyclic) bond motifs is 4. The number of carbonyl (C=O) groups excluding carboxylic acids is 4. The number of nitrogens with zero attached hydrogens (tertiary/aromatic N) is 6. The summed E-state index contributed by atoms with van der Waals surface area (Å²) in [5, 5.41) is 4.43. The van der Waals surface area contributed by atoms with E-state index in [0.29, 0.717) is 76.3 Å². The molecule has 3 amide bonds. The normalized spacial score (nSPS) is 16.8. The van der Waals surface area contributed by atoms with Crippen molar-refractivity contribution in [1.82, 2.24) is 29.7 Å². The molecule has 0 saturated carbocycles. The standard InChI is InChI=1S/C46H50F3N7O7/c1-50-42(58)40(6-3-18-57)56-44(59)35-10-8-31(24-36(35)45(56)60)55-27-33(28-55)62-21-5-20-61-19-4-15-54-16-12-32(13-17-54)63-43-38(46(47,48)49)22-30(25-52-43)29-7-9-34-37-26-51-14-11-39(37)53(2)41(34)23-29/h7-11,14,18,22-26,32-33,40H,3-6,12-13,15-17,19-21,27-28H2,1-2H3,(H,50,58). The number of benzene rings is 2. The number of alkyl halides is 3. The number of likely N-dealkylation sites (N-methyl/N-ethyl adjacent to an activating group) is 1. The third-order valence-electron chi connectivity index (χ3n) is 12.2. The van der Waals surface area contributed by atoms with Gasteiger partial charge in [-0.15, -0.1) is 0 Å². The van der Waals surface area contributed by atoms with Gasteiger partial charge >= 0.3 is 6.18 Å². The Kier molecular flexibility index (Phi) is 13.1. The molecule has 0 aliphatic carbocycles. The summed E-state index contributed by atoms with van der Waals surface area (Å²) >= 11 is 0. The maximum absolute atomic E-state index is 14.3. The van der Waals surface area contributed by atoms with Crippen LogP contribution in [0.25, 0.3) is 32.9 Å². The summed E-state index contributed by atoms with van der Waals surface area (Å²) < 4.78 is 62.8. The predicted octanol–water partition coefficient (Wildman–Crippen LogP) is 6.04. The number of aldehydes is 1. The van der Waals surface area contributed by atoms with Crippen molar-refractivity contribution in [2.45, 2.75) is 63.0 Å². The number of anilines is 1. The first-order valence-electron chi connectivity index (χ1n) is 21.4. The number of halogens is 3. The fourth-order valence-electron chi connectivity index (χ4n) is 8.70. The fraction of sp³-hybridized carbons (Fsp3) is 0.435. The lowest BCUT2D eigenvalue weighted by molar-refractivity contribution is -0.139. The van der Waals surface area contributed by atoms with E-state index in [9.17, 15) is 32.3 Å². The number of aromatic nitrogens is 3. The molecule has 1 unspecified atom stereocenters. The van der Waals surface area contributed by atoms with Crippen molar-refractivity contribution in [3.05, 3.63) is 83.8 Å². The second-order valence-corrected chi connectivity index (χ2v) is 16.2. The molecule has 0 bridgehead atoms. The van der Waals surface area contributed by atoms with Crippen LogP contribution in [0.5, 0.6) is 5.88 Å². The van der Waals surface area contributed by atoms with Gasteiger partial charge in [0.1, 0.15) is 24.0 Å². The lowest BCUT2D eigenvalue weighted by Crippen LogP contribution is -2.52. The van der Waals surface area contributed by atoms with E-state index in [2.05, 4.69) is 25.1 Å². The number of carbonyl (C=O) groups is 4. The summed E-state index contributed by atoms with van der Waals surface area (Å²) in [7, 11) is 3.35. The molecule has 5 aromatic rings. The zero-order valence-corrected chi connectivity index (χ0v) is 35.2. The highest BCUT2D eigenvalue weighted by Crippen LogP contribution is 2.40. The summed E-state index contributed by atoms with van der Waals surface area (Å²) in [4.78, 5) is 63.5. The lowest BCUT2D eigenvalue weighted by Gasteiger charge is -2.40. The van der Waals surface area contributed by atoms with Crippen LogP contribution < -0.4 is 15.0 Å². The van der Waals surface area contributed by atoms with Gasteiger partial charge in [0, 0.05) is 119 Å². The first-order chi connectivity index (χ1) is 30.4. The van der Waals surface area contributed by atoms with E-state index in [1.54, 1.807) is 30.6 Å². The molecular formula is C46H50F3N7O7. The van der Waals surface area contributed by atoms with E-state index in [1.807, 2.05) is 35.9 Å². The molecule has 2 saturated heterocycles. The quantitative estimate of drug-likeness (QED) is 0.0625. The summed E-state index contributed by atoms with van der Waals surface area (Å²) in [5.41, 5.74) is 3.24. The van der Waals surface area contributed by atoms with Gasteiger partial charge in [-0.3, -0.25) is 24.3 Å². The van der Waals surface area contributed by atoms with E-state index in [4.69, 9.17) is 14.2 Å². The summed E-state index contributed by atoms with van der Waals surface area (Å²) in [6.45, 7) is 5.15. The number of pyridine rings is 2. The van der Waals surface area contributed by atoms with Crippen LogP contribution in [0.4, 0.5) is 18.9 Å². The average molecular weight is 870 g/mol. The van der Waals surface area contributed by atoms with Crippen LogP contribution >= 0.6 is 0 Å². The molecule has 3 aliphatic rings. The van der Waals surface area contributed by atoms with Crippen LogP contribution in [0.2, 0.25) is 0 Å². The number of hydrogen-bond acceptors (Lipinski definition) is 11. The van der Waals surface area contributed by atoms with Gasteiger partial charge in [-0.25, -0.2) is 4.98 Å². The minimum atomic E-state index is -4.64. The maximum Gasteiger partial charge on any atom is 0.421 e. The van der Waals surface area contributed by atoms with Gasteiger partial charge in [0.25, 0.3) is 11.8 Å². The number of piperidine rings is 1. The smallest absolute Gasteiger partial charge is 0.421 e. The zero-order valence-electron chi connectivity index (χ0n) is 35.2. The Morgan fingerprint density at radius 3 is 2.44 bits per heavy atom. The van der Waals surface area contributed by atoms with Crippen molar-refractivity contribution in [3.8, 4) is 17.0 Å². The third kappa shape index (κ3) is 9.26. The first-order valence-corrected chi connectivity index (χ1v) is 21.4. The Bertz CT molecular complexity index is 2500. The van der Waals surface area contributed by atoms with Gasteiger partial charge in [-0.05, 0) is 74.1 Å². The Labute approximate surface area is 362 Å². The van der Waals surface area contributed by atoms with E-state index in [-0.39, 0.29) is 42.1 Å². The van der Waals surface area contributed by atoms with Crippen LogP contribution in [0.3, 0.4) is 0 Å². The Hall–Kier alpha value is -5.91. The molecule has 8 rings (SSSR count). The highest BCUT2D eigenvalue weighted by Gasteiger charge is 2.43. The number of ether oxygens (including phenoxy) is 3. The first kappa shape index (κ1) is 43.7. The van der Waals surface area contributed by atoms with Crippen molar-refractivity contribution in [2.75, 3.05) is 64.5 Å². The highest BCUT2D eigenvalue weighted by atomic mass is 19.4. The molecule has 2 aromatic carbocycles. The zero-order chi connectivity index (χ0) is 44.3. The molecule has 3 aliphatic heterocycles. The number of nitrogens with one attached hydrogen (secondary N) is 1. The molecule has 1 N–H and O–H groups in total. The van der Waals surface area contributed by atoms with Gasteiger partial charge < -0.3 is 38.7 Å². The summed E-state index contributed by atoms with van der Waals surface area (Å²) in [6, 6.07) is 12.6. The predicted molar refractivity (Wildman–Crippen MR) is 229 cm³/mol. The van der Waals surface area contributed by atoms with Crippen LogP contribution in [-0.2, 0) is 32.3 Å². The summed E-state index contributed by atoms with van der Waals surface area (Å²) in [5.74, 6) is -1.99. The second-order valence-electron chi connectivity index (χ2n) is 16.2. The molecule has 0 radical (unpaired) electrons. The second kappa shape index (κ2) is 18.8. The fourth-order valence-corrected chi connectivity index (χ4v) is 8.70. The molecular weight excluding hydrogens is 820 g/mol. The number of rotatable bonds is 18. The molecule has 3 aromatic heterocycles. The topological polar surface area (TPSA) is 148 Å². The van der Waals surface area contributed by atoms with Crippen molar-refractivity contribution < 1.29 is 46.6 Å². The minimum Gasteiger partial charge on any atom is -0.474 e. The number of amides is 3. The SMILES string of the molecule is CNC(=O)C(CCC=O)N1C(=O)c2ccc(N3CC(OCCCOCCCN4CCC(Oc5ncc(-c6ccc7c8cnccc8n(C)c7c6)cc5C(F)(F)F)CC4)C3)cc2C1=O. The van der Waals surface area contributed by atoms with Crippen LogP contribution in [0.15, 0.2) is 67.1 Å². The minimum absolute atomic E-state index is 0.0188. The molecule has 14 nitrogen and oxygen atoms in total. The van der Waals surface area contributed by atoms with Crippen molar-refractivity contribution >= 4 is 51.5 Å². The van der Waals surface area contributed by atoms with Crippen molar-refractivity contribution in [3.63, 3.8) is 0 Å². The highest BCUT2D eigenvalue weighted by molar-refractivity contribution is 6.23. The lowest BCUT2D eigenvalue weighted by atomic mass is 10.0. The number of aryl methyl sites for hydroxylation is 1. The molecule has 17 heteroatoms. The Balaban J connectivity index is 0.720. The van der Waals surface area contributed by atoms with Crippen molar-refractivity contribution in [2.24, 2.45) is 7.05 Å². The maximum atomic E-state index is 14.3. The number of imide groups is 1. The molecule has 332 valence electrons.